The van der Waals surface area contributed by atoms with Gasteiger partial charge in [-0.1, -0.05) is 17.7 Å². The van der Waals surface area contributed by atoms with Gasteiger partial charge in [-0.25, -0.2) is 14.8 Å². The average molecular weight is 530 g/mol. The van der Waals surface area contributed by atoms with E-state index < -0.39 is 17.9 Å². The molecule has 2 aromatic heterocycles. The van der Waals surface area contributed by atoms with Crippen LogP contribution < -0.4 is 15.5 Å². The summed E-state index contributed by atoms with van der Waals surface area (Å²) in [7, 11) is 3.63. The Balaban J connectivity index is 1.20. The van der Waals surface area contributed by atoms with Gasteiger partial charge in [0.05, 0.1) is 16.7 Å². The zero-order valence-corrected chi connectivity index (χ0v) is 22.5. The summed E-state index contributed by atoms with van der Waals surface area (Å²) in [5.74, 6) is 0.594. The highest BCUT2D eigenvalue weighted by Crippen LogP contribution is 2.34. The van der Waals surface area contributed by atoms with Crippen LogP contribution in [0.3, 0.4) is 0 Å². The number of hydrogen-bond donors (Lipinski definition) is 3. The molecule has 0 aromatic carbocycles. The number of carboxylic acids is 1. The molecule has 2 aromatic rings. The number of aryl methyl sites for hydroxylation is 2. The van der Waals surface area contributed by atoms with Crippen LogP contribution >= 0.6 is 11.6 Å². The minimum atomic E-state index is -1.11. The van der Waals surface area contributed by atoms with Gasteiger partial charge in [-0.15, -0.1) is 0 Å². The van der Waals surface area contributed by atoms with E-state index in [9.17, 15) is 14.7 Å². The number of ether oxygens (including phenoxy) is 1. The number of fused-ring (bicyclic) bond motifs is 1. The second-order valence-electron chi connectivity index (χ2n) is 10.2. The molecule has 0 saturated heterocycles. The van der Waals surface area contributed by atoms with Gasteiger partial charge in [0.1, 0.15) is 17.7 Å². The van der Waals surface area contributed by atoms with Crippen molar-refractivity contribution in [3.63, 3.8) is 0 Å². The highest BCUT2D eigenvalue weighted by molar-refractivity contribution is 6.34. The lowest BCUT2D eigenvalue weighted by atomic mass is 9.79. The molecule has 1 aliphatic carbocycles. The SMILES string of the molecule is Cc1c(N(C)C)ncc(Cl)c1C(=O)N[C@@H](CCOC1CC(CCc2ccc3c(n2)NCCC3)C1)C(=O)O. The molecule has 200 valence electrons. The van der Waals surface area contributed by atoms with Crippen LogP contribution in [0.2, 0.25) is 5.02 Å². The number of carboxylic acid groups (broad SMARTS) is 1. The Morgan fingerprint density at radius 3 is 2.84 bits per heavy atom. The molecule has 4 rings (SSSR count). The van der Waals surface area contributed by atoms with Crippen molar-refractivity contribution in [2.75, 3.05) is 37.5 Å². The fourth-order valence-electron chi connectivity index (χ4n) is 5.05. The first-order chi connectivity index (χ1) is 17.7. The summed E-state index contributed by atoms with van der Waals surface area (Å²) in [6.07, 6.45) is 7.92. The molecule has 1 atom stereocenters. The Hall–Kier alpha value is -2.91. The van der Waals surface area contributed by atoms with Gasteiger partial charge < -0.3 is 25.4 Å². The first-order valence-corrected chi connectivity index (χ1v) is 13.3. The van der Waals surface area contributed by atoms with E-state index >= 15 is 0 Å². The van der Waals surface area contributed by atoms with Crippen LogP contribution in [0, 0.1) is 12.8 Å². The molecule has 2 aliphatic rings. The Kier molecular flexibility index (Phi) is 8.87. The number of pyridine rings is 2. The number of halogens is 1. The van der Waals surface area contributed by atoms with Crippen LogP contribution in [0.5, 0.6) is 0 Å². The van der Waals surface area contributed by atoms with Crippen LogP contribution in [0.25, 0.3) is 0 Å². The van der Waals surface area contributed by atoms with Crippen molar-refractivity contribution in [1.82, 2.24) is 15.3 Å². The number of aromatic nitrogens is 2. The first-order valence-electron chi connectivity index (χ1n) is 12.9. The number of amides is 1. The quantitative estimate of drug-likeness (QED) is 0.402. The Morgan fingerprint density at radius 1 is 1.32 bits per heavy atom. The number of anilines is 2. The van der Waals surface area contributed by atoms with E-state index in [1.807, 2.05) is 14.1 Å². The lowest BCUT2D eigenvalue weighted by molar-refractivity contribution is -0.140. The number of rotatable bonds is 11. The molecule has 1 amide bonds. The smallest absolute Gasteiger partial charge is 0.326 e. The van der Waals surface area contributed by atoms with Crippen LogP contribution in [-0.4, -0.2) is 66.3 Å². The molecule has 1 fully saturated rings. The standard InChI is InChI=1S/C27H36ClN5O4/c1-16-23(21(28)15-30-25(16)33(2)3)26(34)32-22(27(35)36)10-12-37-20-13-17(14-20)6-8-19-9-7-18-5-4-11-29-24(18)31-19/h7,9,15,17,20,22H,4-6,8,10-14H2,1-3H3,(H,29,31)(H,32,34)(H,35,36)/t17?,20?,22-/m0/s1. The van der Waals surface area contributed by atoms with E-state index in [4.69, 9.17) is 21.3 Å². The van der Waals surface area contributed by atoms with Crippen LogP contribution in [0.1, 0.15) is 59.3 Å². The largest absolute Gasteiger partial charge is 0.480 e. The summed E-state index contributed by atoms with van der Waals surface area (Å²) in [6.45, 7) is 3.00. The van der Waals surface area contributed by atoms with E-state index in [-0.39, 0.29) is 29.7 Å². The Labute approximate surface area is 223 Å². The topological polar surface area (TPSA) is 117 Å². The van der Waals surface area contributed by atoms with Crippen molar-refractivity contribution in [3.8, 4) is 0 Å². The van der Waals surface area contributed by atoms with Crippen molar-refractivity contribution < 1.29 is 19.4 Å². The van der Waals surface area contributed by atoms with Gasteiger partial charge in [-0.3, -0.25) is 4.79 Å². The fraction of sp³-hybridized carbons (Fsp3) is 0.556. The van der Waals surface area contributed by atoms with Crippen molar-refractivity contribution in [3.05, 3.63) is 45.7 Å². The van der Waals surface area contributed by atoms with E-state index in [1.165, 1.54) is 11.8 Å². The molecule has 0 unspecified atom stereocenters. The molecular weight excluding hydrogens is 494 g/mol. The predicted octanol–water partition coefficient (Wildman–Crippen LogP) is 3.86. The van der Waals surface area contributed by atoms with E-state index in [0.717, 1.165) is 56.6 Å². The summed E-state index contributed by atoms with van der Waals surface area (Å²) in [5, 5.41) is 15.8. The molecule has 0 radical (unpaired) electrons. The van der Waals surface area contributed by atoms with E-state index in [2.05, 4.69) is 27.8 Å². The molecule has 0 bridgehead atoms. The number of nitrogens with one attached hydrogen (secondary N) is 2. The third-order valence-corrected chi connectivity index (χ3v) is 7.50. The van der Waals surface area contributed by atoms with Crippen molar-refractivity contribution in [2.45, 2.75) is 64.0 Å². The third kappa shape index (κ3) is 6.70. The molecule has 9 nitrogen and oxygen atoms in total. The Morgan fingerprint density at radius 2 is 2.11 bits per heavy atom. The minimum Gasteiger partial charge on any atom is -0.480 e. The number of carbonyl (C=O) groups excluding carboxylic acids is 1. The summed E-state index contributed by atoms with van der Waals surface area (Å²) in [6, 6.07) is 3.26. The maximum atomic E-state index is 12.9. The van der Waals surface area contributed by atoms with Gasteiger partial charge in [-0.2, -0.15) is 0 Å². The van der Waals surface area contributed by atoms with Crippen LogP contribution in [-0.2, 0) is 22.4 Å². The zero-order valence-electron chi connectivity index (χ0n) is 21.7. The van der Waals surface area contributed by atoms with Gasteiger partial charge >= 0.3 is 5.97 Å². The molecule has 10 heteroatoms. The van der Waals surface area contributed by atoms with E-state index in [0.29, 0.717) is 17.3 Å². The normalized spacial score (nSPS) is 19.2. The summed E-state index contributed by atoms with van der Waals surface area (Å²) < 4.78 is 5.92. The highest BCUT2D eigenvalue weighted by atomic mass is 35.5. The van der Waals surface area contributed by atoms with Gasteiger partial charge in [0.15, 0.2) is 0 Å². The molecule has 3 heterocycles. The summed E-state index contributed by atoms with van der Waals surface area (Å²) in [5.41, 5.74) is 3.26. The maximum absolute atomic E-state index is 12.9. The molecule has 3 N–H and O–H groups in total. The van der Waals surface area contributed by atoms with Crippen molar-refractivity contribution >= 4 is 35.1 Å². The van der Waals surface area contributed by atoms with Gasteiger partial charge in [0.25, 0.3) is 5.91 Å². The van der Waals surface area contributed by atoms with Gasteiger partial charge in [0.2, 0.25) is 0 Å². The van der Waals surface area contributed by atoms with E-state index in [1.54, 1.807) is 11.8 Å². The monoisotopic (exact) mass is 529 g/mol. The molecule has 1 aliphatic heterocycles. The van der Waals surface area contributed by atoms with Crippen molar-refractivity contribution in [2.24, 2.45) is 5.92 Å². The molecule has 1 saturated carbocycles. The lowest BCUT2D eigenvalue weighted by Crippen LogP contribution is -2.42. The number of nitrogens with zero attached hydrogens (tertiary/aromatic N) is 3. The summed E-state index contributed by atoms with van der Waals surface area (Å²) in [4.78, 5) is 35.5. The molecule has 37 heavy (non-hydrogen) atoms. The maximum Gasteiger partial charge on any atom is 0.326 e. The van der Waals surface area contributed by atoms with Gasteiger partial charge in [0, 0.05) is 51.1 Å². The van der Waals surface area contributed by atoms with Crippen LogP contribution in [0.4, 0.5) is 11.6 Å². The Bertz CT molecular complexity index is 1140. The second kappa shape index (κ2) is 12.1. The fourth-order valence-corrected chi connectivity index (χ4v) is 5.32. The summed E-state index contributed by atoms with van der Waals surface area (Å²) >= 11 is 6.23. The minimum absolute atomic E-state index is 0.132. The average Bonchev–Trinajstić information content (AvgIpc) is 2.83. The third-order valence-electron chi connectivity index (χ3n) is 7.22. The zero-order chi connectivity index (χ0) is 26.5. The second-order valence-corrected chi connectivity index (χ2v) is 10.6. The predicted molar refractivity (Wildman–Crippen MR) is 144 cm³/mol. The highest BCUT2D eigenvalue weighted by Gasteiger charge is 2.31. The first kappa shape index (κ1) is 27.1. The number of carbonyl (C=O) groups is 2. The number of aliphatic carboxylic acids is 1. The molecule has 0 spiro atoms. The lowest BCUT2D eigenvalue weighted by Gasteiger charge is -2.35. The number of hydrogen-bond acceptors (Lipinski definition) is 7. The van der Waals surface area contributed by atoms with Crippen LogP contribution in [0.15, 0.2) is 18.3 Å². The van der Waals surface area contributed by atoms with Crippen molar-refractivity contribution in [1.29, 1.82) is 0 Å². The molecular formula is C27H36ClN5O4. The van der Waals surface area contributed by atoms with Gasteiger partial charge in [-0.05, 0) is 63.0 Å².